The lowest BCUT2D eigenvalue weighted by atomic mass is 9.99. The van der Waals surface area contributed by atoms with Gasteiger partial charge in [-0.15, -0.1) is 6.42 Å². The summed E-state index contributed by atoms with van der Waals surface area (Å²) < 4.78 is 105. The summed E-state index contributed by atoms with van der Waals surface area (Å²) in [4.78, 5) is 24.6. The maximum Gasteiger partial charge on any atom is 0.416 e. The Hall–Kier alpha value is -7.51. The van der Waals surface area contributed by atoms with Crippen LogP contribution in [0, 0.1) is 39.4 Å². The van der Waals surface area contributed by atoms with Gasteiger partial charge in [-0.3, -0.25) is 19.8 Å². The van der Waals surface area contributed by atoms with Crippen LogP contribution in [0.25, 0.3) is 21.8 Å². The molecule has 8 nitrogen and oxygen atoms in total. The summed E-state index contributed by atoms with van der Waals surface area (Å²) in [6, 6.07) is 28.3. The summed E-state index contributed by atoms with van der Waals surface area (Å²) in [6.45, 7) is 0. The van der Waals surface area contributed by atoms with Crippen LogP contribution in [0.3, 0.4) is 0 Å². The third kappa shape index (κ3) is 12.2. The molecular weight excluding hydrogens is 971 g/mol. The number of hydrogen-bond acceptors (Lipinski definition) is 6. The molecule has 0 aliphatic carbocycles. The number of rotatable bonds is 6. The first-order chi connectivity index (χ1) is 30.8. The fourth-order valence-corrected chi connectivity index (χ4v) is 7.10. The van der Waals surface area contributed by atoms with Crippen LogP contribution < -0.4 is 11.5 Å². The molecule has 328 valence electrons. The zero-order chi connectivity index (χ0) is 47.1. The second kappa shape index (κ2) is 19.9. The number of nitrogens with zero attached hydrogens (tertiary/aromatic N) is 2. The fourth-order valence-electron chi connectivity index (χ4n) is 6.33. The van der Waals surface area contributed by atoms with E-state index in [4.69, 9.17) is 17.9 Å². The van der Waals surface area contributed by atoms with Crippen LogP contribution in [-0.4, -0.2) is 32.0 Å². The van der Waals surface area contributed by atoms with Gasteiger partial charge in [0.05, 0.1) is 32.9 Å². The molecule has 0 aliphatic heterocycles. The fraction of sp³-hybridized carbons (Fsp3) is 0.0833. The van der Waals surface area contributed by atoms with E-state index in [9.17, 15) is 44.7 Å². The largest absolute Gasteiger partial charge is 0.416 e. The number of fused-ring (bicyclic) bond motifs is 2. The molecule has 0 atom stereocenters. The van der Waals surface area contributed by atoms with E-state index in [-0.39, 0.29) is 24.0 Å². The molecule has 0 saturated heterocycles. The zero-order valence-electron chi connectivity index (χ0n) is 33.3. The van der Waals surface area contributed by atoms with Crippen LogP contribution in [0.15, 0.2) is 121 Å². The minimum atomic E-state index is -4.74. The van der Waals surface area contributed by atoms with Crippen molar-refractivity contribution in [3.63, 3.8) is 0 Å². The van der Waals surface area contributed by atoms with E-state index in [1.807, 2.05) is 30.3 Å². The molecule has 6 N–H and O–H groups in total. The van der Waals surface area contributed by atoms with Gasteiger partial charge in [-0.05, 0) is 119 Å². The van der Waals surface area contributed by atoms with E-state index in [0.29, 0.717) is 69.1 Å². The molecule has 2 heterocycles. The van der Waals surface area contributed by atoms with Gasteiger partial charge < -0.3 is 11.5 Å². The van der Waals surface area contributed by atoms with Gasteiger partial charge in [-0.2, -0.15) is 36.5 Å². The average Bonchev–Trinajstić information content (AvgIpc) is 3.85. The van der Waals surface area contributed by atoms with Gasteiger partial charge in [0.25, 0.3) is 0 Å². The number of hydrogen-bond donors (Lipinski definition) is 4. The van der Waals surface area contributed by atoms with Crippen molar-refractivity contribution in [3.05, 3.63) is 187 Å². The number of nitrogens with two attached hydrogens (primary N) is 2. The minimum absolute atomic E-state index is 0.156. The van der Waals surface area contributed by atoms with Crippen LogP contribution in [-0.2, 0) is 25.2 Å². The predicted octanol–water partition coefficient (Wildman–Crippen LogP) is 11.1. The van der Waals surface area contributed by atoms with E-state index in [1.54, 1.807) is 54.6 Å². The lowest BCUT2D eigenvalue weighted by Gasteiger charge is -2.09. The highest BCUT2D eigenvalue weighted by atomic mass is 127. The highest BCUT2D eigenvalue weighted by molar-refractivity contribution is 14.1. The number of aromatic nitrogens is 4. The highest BCUT2D eigenvalue weighted by Crippen LogP contribution is 2.32. The normalized spacial score (nSPS) is 11.1. The number of Topliss-reactive ketones (excluding diaryl/α,β-unsaturated/α-hetero) is 2. The lowest BCUT2D eigenvalue weighted by Crippen LogP contribution is -2.10. The smallest absolute Gasteiger partial charge is 0.382 e. The third-order valence-corrected chi connectivity index (χ3v) is 10.3. The first-order valence-electron chi connectivity index (χ1n) is 18.9. The van der Waals surface area contributed by atoms with Crippen molar-refractivity contribution in [3.8, 4) is 24.2 Å². The topological polar surface area (TPSA) is 144 Å². The number of benzene rings is 6. The lowest BCUT2D eigenvalue weighted by molar-refractivity contribution is -0.138. The summed E-state index contributed by atoms with van der Waals surface area (Å²) in [7, 11) is 0. The number of ketones is 2. The number of anilines is 2. The maximum atomic E-state index is 13.6. The van der Waals surface area contributed by atoms with Crippen molar-refractivity contribution < 1.29 is 44.7 Å². The molecule has 0 aliphatic rings. The summed E-state index contributed by atoms with van der Waals surface area (Å²) in [5, 5.41) is 15.3. The van der Waals surface area contributed by atoms with E-state index in [0.717, 1.165) is 32.1 Å². The quantitative estimate of drug-likeness (QED) is 0.0565. The number of aromatic amines is 2. The monoisotopic (exact) mass is 1000 g/mol. The van der Waals surface area contributed by atoms with E-state index in [2.05, 4.69) is 60.7 Å². The second-order valence-corrected chi connectivity index (χ2v) is 15.2. The number of halogens is 9. The van der Waals surface area contributed by atoms with Crippen molar-refractivity contribution in [1.29, 1.82) is 0 Å². The Kier molecular flexibility index (Phi) is 14.4. The average molecular weight is 1000 g/mol. The van der Waals surface area contributed by atoms with Crippen molar-refractivity contribution >= 4 is 67.6 Å². The number of nitrogen functional groups attached to an aromatic ring is 2. The van der Waals surface area contributed by atoms with Gasteiger partial charge in [0.15, 0.2) is 23.2 Å². The van der Waals surface area contributed by atoms with E-state index in [1.165, 1.54) is 0 Å². The van der Waals surface area contributed by atoms with Gasteiger partial charge in [-0.25, -0.2) is 8.78 Å². The summed E-state index contributed by atoms with van der Waals surface area (Å²) in [6.07, 6.45) is -4.56. The molecule has 6 aromatic carbocycles. The molecular formula is C48H31F8IN6O2. The molecule has 2 aromatic heterocycles. The van der Waals surface area contributed by atoms with Crippen LogP contribution in [0.2, 0.25) is 0 Å². The molecule has 8 aromatic rings. The molecule has 0 amide bonds. The molecule has 0 radical (unpaired) electrons. The van der Waals surface area contributed by atoms with Crippen molar-refractivity contribution in [1.82, 2.24) is 20.4 Å². The number of alkyl halides is 6. The Morgan fingerprint density at radius 2 is 1.06 bits per heavy atom. The van der Waals surface area contributed by atoms with E-state index >= 15 is 0 Å². The van der Waals surface area contributed by atoms with Crippen LogP contribution in [0.4, 0.5) is 46.8 Å². The number of H-pyrrole nitrogens is 2. The first kappa shape index (κ1) is 47.0. The molecule has 0 saturated carbocycles. The van der Waals surface area contributed by atoms with Crippen molar-refractivity contribution in [2.24, 2.45) is 0 Å². The van der Waals surface area contributed by atoms with Crippen LogP contribution in [0.1, 0.15) is 59.7 Å². The molecule has 0 fully saturated rings. The SMILES string of the molecule is C#Cc1cccc(CC(=O)c2cc(F)cc(C(F)(F)F)c2)c1.Nc1n[nH]c2cccc(C#Cc3cccc(CC(=O)c4cc(F)cc(C(F)(F)F)c4)c3)c12.Nc1n[nH]c2cccc(I)c12. The minimum Gasteiger partial charge on any atom is -0.382 e. The van der Waals surface area contributed by atoms with Gasteiger partial charge in [-0.1, -0.05) is 54.2 Å². The summed E-state index contributed by atoms with van der Waals surface area (Å²) >= 11 is 2.24. The highest BCUT2D eigenvalue weighted by Gasteiger charge is 2.33. The molecule has 0 spiro atoms. The van der Waals surface area contributed by atoms with Gasteiger partial charge in [0.2, 0.25) is 0 Å². The van der Waals surface area contributed by atoms with Gasteiger partial charge in [0.1, 0.15) is 11.6 Å². The standard InChI is InChI=1S/C24H15F4N3O.C17H10F4O.C7H6IN3/c25-19-12-17(11-18(13-19)24(26,27)28)21(32)10-15-4-1-3-14(9-15)7-8-16-5-2-6-20-22(16)23(29)31-30-20;1-2-11-4-3-5-12(6-11)7-16(22)13-8-14(17(19,20)21)10-15(18)9-13;8-4-2-1-3-5-6(4)7(9)11-10-5/h1-6,9,11-13H,10H2,(H3,29,30,31);1,3-6,8-10H,7H2;1-3H,(H3,9,10,11). The predicted molar refractivity (Wildman–Crippen MR) is 239 cm³/mol. The number of nitrogens with one attached hydrogen (secondary N) is 2. The first-order valence-corrected chi connectivity index (χ1v) is 20.0. The maximum absolute atomic E-state index is 13.6. The van der Waals surface area contributed by atoms with Crippen molar-refractivity contribution in [2.45, 2.75) is 25.2 Å². The second-order valence-electron chi connectivity index (χ2n) is 14.1. The van der Waals surface area contributed by atoms with E-state index < -0.39 is 46.7 Å². The molecule has 17 heteroatoms. The third-order valence-electron chi connectivity index (χ3n) is 9.37. The Labute approximate surface area is 378 Å². The number of terminal acetylenes is 1. The molecule has 0 bridgehead atoms. The number of carbonyl (C=O) groups is 2. The van der Waals surface area contributed by atoms with Crippen molar-refractivity contribution in [2.75, 3.05) is 11.5 Å². The van der Waals surface area contributed by atoms with Crippen LogP contribution >= 0.6 is 22.6 Å². The Morgan fingerprint density at radius 1 is 0.600 bits per heavy atom. The van der Waals surface area contributed by atoms with Gasteiger partial charge >= 0.3 is 12.4 Å². The van der Waals surface area contributed by atoms with Gasteiger partial charge in [0, 0.05) is 44.2 Å². The Morgan fingerprint density at radius 3 is 1.57 bits per heavy atom. The van der Waals surface area contributed by atoms with Crippen LogP contribution in [0.5, 0.6) is 0 Å². The molecule has 8 rings (SSSR count). The summed E-state index contributed by atoms with van der Waals surface area (Å²) in [5.41, 5.74) is 13.1. The molecule has 65 heavy (non-hydrogen) atoms. The Balaban J connectivity index is 0.000000182. The zero-order valence-corrected chi connectivity index (χ0v) is 35.5. The summed E-state index contributed by atoms with van der Waals surface area (Å²) in [5.74, 6) is 5.87. The number of carbonyl (C=O) groups excluding carboxylic acids is 2. The Bertz CT molecular complexity index is 3170. The molecule has 0 unspecified atom stereocenters.